The predicted molar refractivity (Wildman–Crippen MR) is 122 cm³/mol. The minimum atomic E-state index is -4.08. The lowest BCUT2D eigenvalue weighted by Gasteiger charge is -2.26. The van der Waals surface area contributed by atoms with Gasteiger partial charge in [-0.05, 0) is 36.4 Å². The number of hydrogen-bond donors (Lipinski definition) is 1. The number of amides is 1. The molecule has 0 bridgehead atoms. The Labute approximate surface area is 194 Å². The third kappa shape index (κ3) is 6.37. The number of carbonyl (C=O) groups is 1. The topological polar surface area (TPSA) is 122 Å². The van der Waals surface area contributed by atoms with Gasteiger partial charge in [0.1, 0.15) is 0 Å². The van der Waals surface area contributed by atoms with Crippen LogP contribution in [0.1, 0.15) is 0 Å². The molecule has 1 N–H and O–H groups in total. The van der Waals surface area contributed by atoms with Crippen molar-refractivity contribution in [1.29, 1.82) is 0 Å². The van der Waals surface area contributed by atoms with Crippen LogP contribution in [0.15, 0.2) is 64.4 Å². The zero-order valence-electron chi connectivity index (χ0n) is 18.2. The fraction of sp³-hybridized carbons (Fsp3) is 0.381. The molecule has 1 heterocycles. The van der Waals surface area contributed by atoms with Crippen LogP contribution in [-0.4, -0.2) is 84.5 Å². The molecule has 1 fully saturated rings. The van der Waals surface area contributed by atoms with Crippen LogP contribution in [0, 0.1) is 0 Å². The summed E-state index contributed by atoms with van der Waals surface area (Å²) in [6, 6.07) is 13.7. The van der Waals surface area contributed by atoms with E-state index in [1.807, 2.05) is 0 Å². The monoisotopic (exact) mass is 497 g/mol. The van der Waals surface area contributed by atoms with E-state index in [9.17, 15) is 21.6 Å². The van der Waals surface area contributed by atoms with Gasteiger partial charge in [-0.2, -0.15) is 8.61 Å². The number of benzene rings is 2. The fourth-order valence-corrected chi connectivity index (χ4v) is 6.02. The highest BCUT2D eigenvalue weighted by molar-refractivity contribution is 7.89. The zero-order valence-corrected chi connectivity index (χ0v) is 19.8. The molecule has 12 heteroatoms. The summed E-state index contributed by atoms with van der Waals surface area (Å²) in [6.07, 6.45) is 0. The standard InChI is InChI=1S/C21H27N3O7S2/c1-30-14-11-24(17-21(25)22-18-5-3-2-4-6-18)33(28,29)20-9-7-19(8-10-20)32(26,27)23-12-15-31-16-13-23/h2-10H,11-17H2,1H3,(H,22,25). The molecular weight excluding hydrogens is 470 g/mol. The summed E-state index contributed by atoms with van der Waals surface area (Å²) in [7, 11) is -6.40. The van der Waals surface area contributed by atoms with Gasteiger partial charge in [0.25, 0.3) is 0 Å². The number of para-hydroxylation sites is 1. The van der Waals surface area contributed by atoms with Crippen LogP contribution < -0.4 is 5.32 Å². The van der Waals surface area contributed by atoms with Crippen molar-refractivity contribution in [3.8, 4) is 0 Å². The highest BCUT2D eigenvalue weighted by Crippen LogP contribution is 2.22. The first-order valence-electron chi connectivity index (χ1n) is 10.3. The maximum Gasteiger partial charge on any atom is 0.243 e. The van der Waals surface area contributed by atoms with E-state index in [-0.39, 0.29) is 36.0 Å². The molecule has 10 nitrogen and oxygen atoms in total. The van der Waals surface area contributed by atoms with Gasteiger partial charge in [0.05, 0.1) is 36.2 Å². The van der Waals surface area contributed by atoms with Crippen molar-refractivity contribution in [2.24, 2.45) is 0 Å². The van der Waals surface area contributed by atoms with Crippen molar-refractivity contribution in [1.82, 2.24) is 8.61 Å². The molecule has 2 aromatic rings. The molecule has 1 aliphatic rings. The average Bonchev–Trinajstić information content (AvgIpc) is 2.83. The lowest BCUT2D eigenvalue weighted by Crippen LogP contribution is -2.41. The second kappa shape index (κ2) is 11.2. The van der Waals surface area contributed by atoms with Gasteiger partial charge in [0, 0.05) is 32.4 Å². The number of carbonyl (C=O) groups excluding carboxylic acids is 1. The van der Waals surface area contributed by atoms with Crippen LogP contribution >= 0.6 is 0 Å². The molecule has 0 saturated carbocycles. The molecule has 0 spiro atoms. The van der Waals surface area contributed by atoms with Crippen molar-refractivity contribution in [3.05, 3.63) is 54.6 Å². The highest BCUT2D eigenvalue weighted by Gasteiger charge is 2.29. The maximum absolute atomic E-state index is 13.2. The Morgan fingerprint density at radius 3 is 2.21 bits per heavy atom. The number of ether oxygens (including phenoxy) is 2. The second-order valence-corrected chi connectivity index (χ2v) is 11.1. The van der Waals surface area contributed by atoms with E-state index in [0.717, 1.165) is 4.31 Å². The van der Waals surface area contributed by atoms with E-state index in [2.05, 4.69) is 5.32 Å². The van der Waals surface area contributed by atoms with Crippen molar-refractivity contribution in [2.75, 3.05) is 58.4 Å². The number of methoxy groups -OCH3 is 1. The van der Waals surface area contributed by atoms with E-state index in [0.29, 0.717) is 18.9 Å². The summed E-state index contributed by atoms with van der Waals surface area (Å²) < 4.78 is 64.5. The quantitative estimate of drug-likeness (QED) is 0.519. The van der Waals surface area contributed by atoms with Gasteiger partial charge in [-0.1, -0.05) is 18.2 Å². The van der Waals surface area contributed by atoms with Gasteiger partial charge < -0.3 is 14.8 Å². The SMILES string of the molecule is COCCN(CC(=O)Nc1ccccc1)S(=O)(=O)c1ccc(S(=O)(=O)N2CCOCC2)cc1. The molecule has 0 radical (unpaired) electrons. The number of rotatable bonds is 10. The second-order valence-electron chi connectivity index (χ2n) is 7.23. The minimum Gasteiger partial charge on any atom is -0.383 e. The Morgan fingerprint density at radius 1 is 1.00 bits per heavy atom. The molecule has 0 unspecified atom stereocenters. The van der Waals surface area contributed by atoms with E-state index in [1.54, 1.807) is 30.3 Å². The lowest BCUT2D eigenvalue weighted by molar-refractivity contribution is -0.116. The largest absolute Gasteiger partial charge is 0.383 e. The van der Waals surface area contributed by atoms with Crippen LogP contribution in [0.2, 0.25) is 0 Å². The number of nitrogens with one attached hydrogen (secondary N) is 1. The first-order valence-corrected chi connectivity index (χ1v) is 13.1. The van der Waals surface area contributed by atoms with Gasteiger partial charge in [-0.25, -0.2) is 16.8 Å². The molecule has 33 heavy (non-hydrogen) atoms. The molecule has 1 amide bonds. The molecule has 0 aromatic heterocycles. The average molecular weight is 498 g/mol. The molecule has 1 aliphatic heterocycles. The molecular formula is C21H27N3O7S2. The number of hydrogen-bond acceptors (Lipinski definition) is 7. The predicted octanol–water partition coefficient (Wildman–Crippen LogP) is 0.983. The van der Waals surface area contributed by atoms with E-state index in [4.69, 9.17) is 9.47 Å². The van der Waals surface area contributed by atoms with Crippen LogP contribution in [0.5, 0.6) is 0 Å². The van der Waals surface area contributed by atoms with E-state index in [1.165, 1.54) is 35.7 Å². The lowest BCUT2D eigenvalue weighted by atomic mass is 10.3. The highest BCUT2D eigenvalue weighted by atomic mass is 32.2. The normalized spacial score (nSPS) is 15.5. The molecule has 0 atom stereocenters. The molecule has 1 saturated heterocycles. The summed E-state index contributed by atoms with van der Waals surface area (Å²) in [5.41, 5.74) is 0.546. The Morgan fingerprint density at radius 2 is 1.61 bits per heavy atom. The zero-order chi connectivity index (χ0) is 23.9. The van der Waals surface area contributed by atoms with Crippen molar-refractivity contribution in [3.63, 3.8) is 0 Å². The third-order valence-electron chi connectivity index (χ3n) is 4.99. The van der Waals surface area contributed by atoms with Crippen LogP contribution in [0.4, 0.5) is 5.69 Å². The van der Waals surface area contributed by atoms with Crippen LogP contribution in [0.25, 0.3) is 0 Å². The van der Waals surface area contributed by atoms with Crippen molar-refractivity contribution in [2.45, 2.75) is 9.79 Å². The Balaban J connectivity index is 1.78. The minimum absolute atomic E-state index is 0.00591. The molecule has 180 valence electrons. The molecule has 0 aliphatic carbocycles. The Bertz CT molecular complexity index is 1130. The number of nitrogens with zero attached hydrogens (tertiary/aromatic N) is 2. The van der Waals surface area contributed by atoms with Gasteiger partial charge in [-0.3, -0.25) is 4.79 Å². The van der Waals surface area contributed by atoms with Crippen molar-refractivity contribution >= 4 is 31.6 Å². The fourth-order valence-electron chi connectivity index (χ4n) is 3.23. The first kappa shape index (κ1) is 25.3. The van der Waals surface area contributed by atoms with E-state index >= 15 is 0 Å². The van der Waals surface area contributed by atoms with Crippen molar-refractivity contribution < 1.29 is 31.1 Å². The smallest absolute Gasteiger partial charge is 0.243 e. The summed E-state index contributed by atoms with van der Waals surface area (Å²) in [6.45, 7) is 0.717. The molecule has 3 rings (SSSR count). The summed E-state index contributed by atoms with van der Waals surface area (Å²) in [5.74, 6) is -0.507. The number of anilines is 1. The number of sulfonamides is 2. The summed E-state index contributed by atoms with van der Waals surface area (Å²) in [5, 5.41) is 2.66. The number of morpholine rings is 1. The van der Waals surface area contributed by atoms with Crippen LogP contribution in [-0.2, 0) is 34.3 Å². The van der Waals surface area contributed by atoms with Gasteiger partial charge in [0.15, 0.2) is 0 Å². The first-order chi connectivity index (χ1) is 15.7. The molecule has 2 aromatic carbocycles. The van der Waals surface area contributed by atoms with Gasteiger partial charge in [0.2, 0.25) is 26.0 Å². The summed E-state index contributed by atoms with van der Waals surface area (Å²) in [4.78, 5) is 12.3. The van der Waals surface area contributed by atoms with E-state index < -0.39 is 32.5 Å². The van der Waals surface area contributed by atoms with Gasteiger partial charge in [-0.15, -0.1) is 0 Å². The van der Waals surface area contributed by atoms with Crippen LogP contribution in [0.3, 0.4) is 0 Å². The van der Waals surface area contributed by atoms with Gasteiger partial charge >= 0.3 is 0 Å². The Hall–Kier alpha value is -2.35. The maximum atomic E-state index is 13.2. The Kier molecular flexibility index (Phi) is 8.57. The summed E-state index contributed by atoms with van der Waals surface area (Å²) >= 11 is 0. The third-order valence-corrected chi connectivity index (χ3v) is 8.76.